The van der Waals surface area contributed by atoms with Crippen LogP contribution in [0.25, 0.3) is 0 Å². The summed E-state index contributed by atoms with van der Waals surface area (Å²) >= 11 is 1.75. The van der Waals surface area contributed by atoms with Gasteiger partial charge in [-0.2, -0.15) is 0 Å². The Balaban J connectivity index is 1.55. The van der Waals surface area contributed by atoms with Crippen molar-refractivity contribution in [3.05, 3.63) is 23.3 Å². The van der Waals surface area contributed by atoms with Gasteiger partial charge in [0.05, 0.1) is 17.5 Å². The third-order valence-electron chi connectivity index (χ3n) is 2.61. The fourth-order valence-electron chi connectivity index (χ4n) is 1.64. The van der Waals surface area contributed by atoms with Crippen molar-refractivity contribution in [1.29, 1.82) is 0 Å². The Morgan fingerprint density at radius 3 is 3.06 bits per heavy atom. The van der Waals surface area contributed by atoms with E-state index in [2.05, 4.69) is 20.7 Å². The molecule has 1 fully saturated rings. The molecule has 1 aliphatic carbocycles. The molecule has 0 aliphatic heterocycles. The van der Waals surface area contributed by atoms with Gasteiger partial charge < -0.3 is 4.52 Å². The second kappa shape index (κ2) is 4.48. The van der Waals surface area contributed by atoms with Crippen LogP contribution in [0.1, 0.15) is 36.2 Å². The maximum Gasteiger partial charge on any atom is 0.161 e. The molecule has 0 unspecified atom stereocenters. The Morgan fingerprint density at radius 1 is 1.47 bits per heavy atom. The van der Waals surface area contributed by atoms with Crippen LogP contribution in [0.3, 0.4) is 0 Å². The minimum absolute atomic E-state index is 0.537. The van der Waals surface area contributed by atoms with E-state index in [1.165, 1.54) is 12.8 Å². The number of aromatic nitrogens is 5. The summed E-state index contributed by atoms with van der Waals surface area (Å²) in [5.41, 5.74) is 0.970. The van der Waals surface area contributed by atoms with E-state index < -0.39 is 0 Å². The summed E-state index contributed by atoms with van der Waals surface area (Å²) < 4.78 is 6.96. The average molecular weight is 251 g/mol. The number of thioether (sulfide) groups is 1. The number of aryl methyl sites for hydroxylation is 1. The van der Waals surface area contributed by atoms with Crippen LogP contribution in [0.5, 0.6) is 0 Å². The highest BCUT2D eigenvalue weighted by atomic mass is 32.2. The number of tetrazole rings is 1. The lowest BCUT2D eigenvalue weighted by Gasteiger charge is -2.00. The first-order valence-electron chi connectivity index (χ1n) is 5.59. The van der Waals surface area contributed by atoms with Crippen LogP contribution in [-0.4, -0.2) is 25.4 Å². The number of rotatable bonds is 5. The molecule has 3 rings (SSSR count). The third kappa shape index (κ3) is 2.49. The highest BCUT2D eigenvalue weighted by Gasteiger charge is 2.27. The van der Waals surface area contributed by atoms with Gasteiger partial charge in [-0.25, -0.2) is 4.68 Å². The molecule has 6 nitrogen and oxygen atoms in total. The second-order valence-corrected chi connectivity index (χ2v) is 5.18. The molecule has 90 valence electrons. The lowest BCUT2D eigenvalue weighted by molar-refractivity contribution is 0.393. The molecule has 0 amide bonds. The summed E-state index contributed by atoms with van der Waals surface area (Å²) in [6.45, 7) is 1.90. The first-order valence-corrected chi connectivity index (χ1v) is 6.75. The van der Waals surface area contributed by atoms with Crippen molar-refractivity contribution in [2.24, 2.45) is 0 Å². The number of hydrogen-bond acceptors (Lipinski definition) is 6. The molecular formula is C10H13N5OS. The maximum atomic E-state index is 5.02. The van der Waals surface area contributed by atoms with Crippen LogP contribution < -0.4 is 0 Å². The Hall–Kier alpha value is -1.37. The van der Waals surface area contributed by atoms with Gasteiger partial charge in [-0.05, 0) is 30.2 Å². The highest BCUT2D eigenvalue weighted by molar-refractivity contribution is 7.97. The summed E-state index contributed by atoms with van der Waals surface area (Å²) in [6.07, 6.45) is 2.40. The average Bonchev–Trinajstić information content (AvgIpc) is 2.92. The van der Waals surface area contributed by atoms with Gasteiger partial charge in [-0.3, -0.25) is 0 Å². The molecule has 2 heterocycles. The van der Waals surface area contributed by atoms with Gasteiger partial charge in [0, 0.05) is 11.8 Å². The molecule has 1 saturated carbocycles. The van der Waals surface area contributed by atoms with Crippen molar-refractivity contribution in [3.8, 4) is 0 Å². The van der Waals surface area contributed by atoms with Crippen LogP contribution >= 0.6 is 11.8 Å². The van der Waals surface area contributed by atoms with Crippen molar-refractivity contribution in [3.63, 3.8) is 0 Å². The standard InChI is InChI=1S/C10H13N5OS/c1-7-4-8(12-16-7)5-17-6-10-11-13-14-15(10)9-2-3-9/h4,9H,2-3,5-6H2,1H3. The van der Waals surface area contributed by atoms with Gasteiger partial charge in [0.15, 0.2) is 5.82 Å². The minimum Gasteiger partial charge on any atom is -0.361 e. The molecule has 0 aromatic carbocycles. The molecule has 2 aromatic heterocycles. The van der Waals surface area contributed by atoms with E-state index in [4.69, 9.17) is 4.52 Å². The molecule has 0 N–H and O–H groups in total. The fraction of sp³-hybridized carbons (Fsp3) is 0.600. The van der Waals surface area contributed by atoms with Crippen molar-refractivity contribution < 1.29 is 4.52 Å². The molecule has 0 saturated heterocycles. The molecule has 0 atom stereocenters. The number of nitrogens with zero attached hydrogens (tertiary/aromatic N) is 5. The van der Waals surface area contributed by atoms with Crippen LogP contribution in [0.2, 0.25) is 0 Å². The van der Waals surface area contributed by atoms with Crippen molar-refractivity contribution in [2.45, 2.75) is 37.3 Å². The number of hydrogen-bond donors (Lipinski definition) is 0. The summed E-state index contributed by atoms with van der Waals surface area (Å²) in [4.78, 5) is 0. The van der Waals surface area contributed by atoms with Crippen LogP contribution in [0.4, 0.5) is 0 Å². The summed E-state index contributed by atoms with van der Waals surface area (Å²) in [7, 11) is 0. The van der Waals surface area contributed by atoms with Gasteiger partial charge in [0.2, 0.25) is 0 Å². The third-order valence-corrected chi connectivity index (χ3v) is 3.57. The largest absolute Gasteiger partial charge is 0.361 e. The zero-order valence-electron chi connectivity index (χ0n) is 9.54. The molecule has 0 radical (unpaired) electrons. The first-order chi connectivity index (χ1) is 8.33. The Morgan fingerprint density at radius 2 is 2.35 bits per heavy atom. The van der Waals surface area contributed by atoms with Gasteiger partial charge in [0.1, 0.15) is 5.76 Å². The SMILES string of the molecule is Cc1cc(CSCc2nnnn2C2CC2)no1. The van der Waals surface area contributed by atoms with E-state index in [9.17, 15) is 0 Å². The molecule has 2 aromatic rings. The molecule has 17 heavy (non-hydrogen) atoms. The normalized spacial score (nSPS) is 15.4. The molecule has 1 aliphatic rings. The van der Waals surface area contributed by atoms with Crippen molar-refractivity contribution in [1.82, 2.24) is 25.4 Å². The van der Waals surface area contributed by atoms with Crippen LogP contribution in [0.15, 0.2) is 10.6 Å². The van der Waals surface area contributed by atoms with E-state index in [0.29, 0.717) is 6.04 Å². The minimum atomic E-state index is 0.537. The Labute approximate surface area is 103 Å². The van der Waals surface area contributed by atoms with E-state index in [-0.39, 0.29) is 0 Å². The van der Waals surface area contributed by atoms with Crippen molar-refractivity contribution in [2.75, 3.05) is 0 Å². The van der Waals surface area contributed by atoms with E-state index in [1.54, 1.807) is 11.8 Å². The predicted octanol–water partition coefficient (Wildman–Crippen LogP) is 1.74. The molecule has 7 heteroatoms. The van der Waals surface area contributed by atoms with E-state index >= 15 is 0 Å². The van der Waals surface area contributed by atoms with Gasteiger partial charge in [0.25, 0.3) is 0 Å². The smallest absolute Gasteiger partial charge is 0.161 e. The molecule has 0 spiro atoms. The highest BCUT2D eigenvalue weighted by Crippen LogP contribution is 2.35. The monoisotopic (exact) mass is 251 g/mol. The topological polar surface area (TPSA) is 69.6 Å². The Bertz CT molecular complexity index is 504. The lowest BCUT2D eigenvalue weighted by atomic mass is 10.4. The lowest BCUT2D eigenvalue weighted by Crippen LogP contribution is -2.02. The molecule has 0 bridgehead atoms. The molecular weight excluding hydrogens is 238 g/mol. The van der Waals surface area contributed by atoms with Crippen LogP contribution in [0, 0.1) is 6.92 Å². The summed E-state index contributed by atoms with van der Waals surface area (Å²) in [5, 5.41) is 15.7. The zero-order chi connectivity index (χ0) is 11.7. The van der Waals surface area contributed by atoms with Crippen LogP contribution in [-0.2, 0) is 11.5 Å². The maximum absolute atomic E-state index is 5.02. The quantitative estimate of drug-likeness (QED) is 0.806. The summed E-state index contributed by atoms with van der Waals surface area (Å²) in [5.74, 6) is 3.45. The summed E-state index contributed by atoms with van der Waals surface area (Å²) in [6, 6.07) is 2.49. The second-order valence-electron chi connectivity index (χ2n) is 4.19. The fourth-order valence-corrected chi connectivity index (χ4v) is 2.46. The Kier molecular flexibility index (Phi) is 2.84. The first kappa shape index (κ1) is 10.8. The predicted molar refractivity (Wildman–Crippen MR) is 62.3 cm³/mol. The zero-order valence-corrected chi connectivity index (χ0v) is 10.4. The van der Waals surface area contributed by atoms with Gasteiger partial charge in [-0.1, -0.05) is 5.16 Å². The van der Waals surface area contributed by atoms with E-state index in [0.717, 1.165) is 28.8 Å². The van der Waals surface area contributed by atoms with E-state index in [1.807, 2.05) is 17.7 Å². The van der Waals surface area contributed by atoms with Gasteiger partial charge in [-0.15, -0.1) is 16.9 Å². The van der Waals surface area contributed by atoms with Crippen molar-refractivity contribution >= 4 is 11.8 Å². The van der Waals surface area contributed by atoms with Gasteiger partial charge >= 0.3 is 0 Å².